The minimum absolute atomic E-state index is 0.0285. The van der Waals surface area contributed by atoms with Crippen molar-refractivity contribution in [2.24, 2.45) is 0 Å². The smallest absolute Gasteiger partial charge is 0.444 e. The highest BCUT2D eigenvalue weighted by molar-refractivity contribution is 14.1. The van der Waals surface area contributed by atoms with Crippen molar-refractivity contribution >= 4 is 91.9 Å². The van der Waals surface area contributed by atoms with Gasteiger partial charge < -0.3 is 14.2 Å². The first-order chi connectivity index (χ1) is 51.8. The summed E-state index contributed by atoms with van der Waals surface area (Å²) < 4.78 is 236. The number of rotatable bonds is 11. The molecule has 0 saturated carbocycles. The van der Waals surface area contributed by atoms with E-state index in [1.54, 1.807) is 81.4 Å². The number of H-pyrrole nitrogens is 1. The summed E-state index contributed by atoms with van der Waals surface area (Å²) >= 11 is 4.66. The predicted molar refractivity (Wildman–Crippen MR) is 365 cm³/mol. The average Bonchev–Trinajstić information content (AvgIpc) is 1.62. The van der Waals surface area contributed by atoms with E-state index in [2.05, 4.69) is 51.5 Å². The molecule has 0 radical (unpaired) electrons. The molecule has 2 unspecified atom stereocenters. The van der Waals surface area contributed by atoms with Crippen LogP contribution in [0.2, 0.25) is 0 Å². The summed E-state index contributed by atoms with van der Waals surface area (Å²) in [7, 11) is 0. The van der Waals surface area contributed by atoms with Gasteiger partial charge in [0, 0.05) is 58.0 Å². The van der Waals surface area contributed by atoms with E-state index in [1.807, 2.05) is 20.8 Å². The van der Waals surface area contributed by atoms with E-state index < -0.39 is 169 Å². The van der Waals surface area contributed by atoms with Crippen molar-refractivity contribution in [3.8, 4) is 0 Å². The number of pyridine rings is 1. The van der Waals surface area contributed by atoms with Gasteiger partial charge in [-0.2, -0.15) is 51.8 Å². The Morgan fingerprint density at radius 3 is 1.37 bits per heavy atom. The zero-order valence-electron chi connectivity index (χ0n) is 61.6. The van der Waals surface area contributed by atoms with E-state index in [1.165, 1.54) is 37.5 Å². The SMILES string of the molecule is CC(=O)N(C(C)=O)c1nc(Br)ccc1[N+](=O)[O-].CC(C)(C)OC(=O)N1Cc2cn(CC(F)F)nc2C1.CC(C)(C)OC(=O)N1Cc2cn[nH]c2C1.CC(C)(C)OC(=O)N1Cc2cnn(CC(F)F)c2C1.FC(F)CI.O=C(C(F)(F)F)[N+]1(F)Cc2cn(CC(F)F)nc2C1.O=C(C(F)(F)F)[N+]1(F)Cc2cnn(CC(F)F)c2C1. The fourth-order valence-corrected chi connectivity index (χ4v) is 10.8. The number of imide groups is 1. The van der Waals surface area contributed by atoms with Crippen molar-refractivity contribution in [3.05, 3.63) is 114 Å². The standard InChI is InChI=1S/2C12H17F2N3O2.C10H15N3O2.C9H8BrN3O4.2C9H8F6N3O.C2H3F2I/c1-12(2,3)19-11(18)16-4-8-5-17(7-10(13)14)15-9(8)6-16;1-12(2,3)19-11(18)16-5-8-4-15-17(7-10(13)14)9(8)6-16;1-10(2,3)15-9(14)13-5-7-4-11-12-8(7)6-13;1-5(14)12(6(2)15)9-7(13(16)17)3-4-8(10)11-9;10-7(11)2-17-1-5-3-18(15,4-6(5)16-17)8(19)9(12,13)14;10-7(11)2-17-6-4-18(15,3-5(6)1-16-17)8(19)9(12,13)14;3-2(4)1-5/h5,10H,4,6-7H2,1-3H3;4,10H,5-7H2,1-3H3;4H,5-6H2,1-3H3,(H,11,12);3-4H,1-2H3;2*1,7H,2-4H2;2H,1H2/q;;;;2*+1;. The van der Waals surface area contributed by atoms with Crippen molar-refractivity contribution in [1.29, 1.82) is 0 Å². The molecule has 7 amide bonds. The second kappa shape index (κ2) is 38.3. The summed E-state index contributed by atoms with van der Waals surface area (Å²) in [5.41, 5.74) is 2.86. The van der Waals surface area contributed by atoms with E-state index in [9.17, 15) is 123 Å². The Hall–Kier alpha value is -9.24. The fourth-order valence-electron chi connectivity index (χ4n) is 10.5. The van der Waals surface area contributed by atoms with Crippen LogP contribution in [0.5, 0.6) is 0 Å². The summed E-state index contributed by atoms with van der Waals surface area (Å²) in [4.78, 5) is 99.1. The van der Waals surface area contributed by atoms with Gasteiger partial charge in [-0.3, -0.25) is 58.2 Å². The van der Waals surface area contributed by atoms with Crippen molar-refractivity contribution in [3.63, 3.8) is 0 Å². The molecule has 0 aliphatic carbocycles. The Bertz CT molecular complexity index is 4240. The van der Waals surface area contributed by atoms with Crippen LogP contribution < -0.4 is 4.90 Å². The minimum atomic E-state index is -5.32. The van der Waals surface area contributed by atoms with E-state index >= 15 is 0 Å². The first-order valence-corrected chi connectivity index (χ1v) is 35.2. The second-order valence-electron chi connectivity index (χ2n) is 27.8. The number of carbonyl (C=O) groups is 7. The normalized spacial score (nSPS) is 16.7. The van der Waals surface area contributed by atoms with E-state index in [4.69, 9.17) is 14.2 Å². The number of ether oxygens (including phenoxy) is 3. The topological polar surface area (TPSA) is 316 Å². The van der Waals surface area contributed by atoms with Gasteiger partial charge in [0.15, 0.2) is 26.2 Å². The maximum atomic E-state index is 14.0. The molecule has 6 aromatic rings. The molecular weight excluding hydrogens is 1750 g/mol. The van der Waals surface area contributed by atoms with Crippen molar-refractivity contribution < 1.29 is 141 Å². The first-order valence-electron chi connectivity index (χ1n) is 32.9. The molecule has 0 spiro atoms. The van der Waals surface area contributed by atoms with Crippen molar-refractivity contribution in [1.82, 2.24) is 69.0 Å². The highest BCUT2D eigenvalue weighted by Gasteiger charge is 2.61. The van der Waals surface area contributed by atoms with Gasteiger partial charge in [0.25, 0.3) is 25.7 Å². The number of nitrogens with zero attached hydrogens (tertiary/aromatic N) is 17. The van der Waals surface area contributed by atoms with Gasteiger partial charge in [0.05, 0.1) is 95.4 Å². The zero-order valence-corrected chi connectivity index (χ0v) is 65.3. The van der Waals surface area contributed by atoms with Gasteiger partial charge in [-0.05, 0) is 84.3 Å². The monoisotopic (exact) mass is 1820 g/mol. The maximum Gasteiger partial charge on any atom is 0.513 e. The van der Waals surface area contributed by atoms with E-state index in [0.717, 1.165) is 58.0 Å². The van der Waals surface area contributed by atoms with E-state index in [-0.39, 0.29) is 45.4 Å². The quantitative estimate of drug-likeness (QED) is 0.0184. The zero-order chi connectivity index (χ0) is 85.8. The Balaban J connectivity index is 0.000000240. The van der Waals surface area contributed by atoms with Gasteiger partial charge in [-0.15, -0.1) is 0 Å². The van der Waals surface area contributed by atoms with Gasteiger partial charge in [-0.25, -0.2) is 77.8 Å². The number of alkyl halides is 17. The van der Waals surface area contributed by atoms with Crippen LogP contribution in [0.25, 0.3) is 0 Å². The van der Waals surface area contributed by atoms with Crippen LogP contribution in [0.1, 0.15) is 132 Å². The number of aromatic nitrogens is 11. The number of carbonyl (C=O) groups excluding carboxylic acids is 7. The van der Waals surface area contributed by atoms with Gasteiger partial charge >= 0.3 is 48.1 Å². The molecule has 0 bridgehead atoms. The van der Waals surface area contributed by atoms with Crippen LogP contribution in [-0.2, 0) is 125 Å². The lowest BCUT2D eigenvalue weighted by Crippen LogP contribution is -2.48. The molecule has 0 aromatic carbocycles. The summed E-state index contributed by atoms with van der Waals surface area (Å²) in [6.45, 7) is 15.0. The van der Waals surface area contributed by atoms with Gasteiger partial charge in [-0.1, -0.05) is 32.0 Å². The minimum Gasteiger partial charge on any atom is -0.444 e. The number of amides is 7. The molecule has 5 aliphatic heterocycles. The lowest BCUT2D eigenvalue weighted by Gasteiger charge is -2.24. The number of fused-ring (bicyclic) bond motifs is 5. The highest BCUT2D eigenvalue weighted by atomic mass is 127. The van der Waals surface area contributed by atoms with Gasteiger partial charge in [0.1, 0.15) is 59.0 Å². The molecule has 1 N–H and O–H groups in total. The Morgan fingerprint density at radius 1 is 0.549 bits per heavy atom. The maximum absolute atomic E-state index is 14.0. The molecule has 30 nitrogen and oxygen atoms in total. The second-order valence-corrected chi connectivity index (χ2v) is 29.5. The molecule has 0 saturated heterocycles. The molecule has 113 heavy (non-hydrogen) atoms. The fraction of sp³-hybridized carbons (Fsp3) is 0.571. The molecule has 2 atom stereocenters. The van der Waals surface area contributed by atoms with Crippen LogP contribution >= 0.6 is 38.5 Å². The molecule has 11 rings (SSSR count). The third-order valence-corrected chi connectivity index (χ3v) is 16.0. The molecule has 5 aliphatic rings. The number of anilines is 1. The highest BCUT2D eigenvalue weighted by Crippen LogP contribution is 2.38. The first kappa shape index (κ1) is 94.4. The summed E-state index contributed by atoms with van der Waals surface area (Å²) in [6, 6.07) is 2.53. The number of hydrogen-bond donors (Lipinski definition) is 1. The molecular formula is C63H76BrF18IN18O12+2. The number of quaternary nitrogens is 2. The van der Waals surface area contributed by atoms with Crippen molar-refractivity contribution in [2.45, 2.75) is 229 Å². The third kappa shape index (κ3) is 28.1. The van der Waals surface area contributed by atoms with Crippen LogP contribution in [0.4, 0.5) is 105 Å². The van der Waals surface area contributed by atoms with Gasteiger partial charge in [0.2, 0.25) is 24.1 Å². The Morgan fingerprint density at radius 2 is 0.956 bits per heavy atom. The van der Waals surface area contributed by atoms with E-state index in [0.29, 0.717) is 53.6 Å². The van der Waals surface area contributed by atoms with Crippen LogP contribution in [0, 0.1) is 10.1 Å². The molecule has 11 heterocycles. The molecule has 628 valence electrons. The Labute approximate surface area is 652 Å². The molecule has 50 heteroatoms. The lowest BCUT2D eigenvalue weighted by atomic mass is 10.2. The number of aromatic amines is 1. The lowest BCUT2D eigenvalue weighted by molar-refractivity contribution is -1.01. The van der Waals surface area contributed by atoms with Crippen LogP contribution in [0.15, 0.2) is 47.7 Å². The number of nitrogens with one attached hydrogen (secondary N) is 1. The summed E-state index contributed by atoms with van der Waals surface area (Å²) in [5.74, 6) is -6.63. The number of halogens is 20. The third-order valence-electron chi connectivity index (χ3n) is 14.9. The molecule has 6 aromatic heterocycles. The average molecular weight is 1830 g/mol. The largest absolute Gasteiger partial charge is 0.513 e. The van der Waals surface area contributed by atoms with Crippen LogP contribution in [0.3, 0.4) is 0 Å². The van der Waals surface area contributed by atoms with Crippen LogP contribution in [-0.4, -0.2) is 191 Å². The number of nitro groups is 1. The molecule has 0 fully saturated rings. The number of hydrogen-bond acceptors (Lipinski definition) is 18. The predicted octanol–water partition coefficient (Wildman–Crippen LogP) is 13.7. The Kier molecular flexibility index (Phi) is 32.0. The van der Waals surface area contributed by atoms with Crippen molar-refractivity contribution in [2.75, 3.05) is 9.33 Å². The summed E-state index contributed by atoms with van der Waals surface area (Å²) in [6.07, 6.45) is -17.3. The summed E-state index contributed by atoms with van der Waals surface area (Å²) in [5, 5.41) is 32.6.